The van der Waals surface area contributed by atoms with Crippen molar-refractivity contribution in [2.45, 2.75) is 71.9 Å². The SMILES string of the molecule is COCCC(C)(C)CNC1CCCC1CNC(=O)OC(C)(C)C. The largest absolute Gasteiger partial charge is 0.444 e. The third-order valence-electron chi connectivity index (χ3n) is 4.39. The molecule has 1 aliphatic carbocycles. The first kappa shape index (κ1) is 20.2. The van der Waals surface area contributed by atoms with Crippen LogP contribution in [0, 0.1) is 11.3 Å². The van der Waals surface area contributed by atoms with Gasteiger partial charge in [0.05, 0.1) is 0 Å². The molecule has 1 fully saturated rings. The first-order valence-electron chi connectivity index (χ1n) is 8.82. The Bertz CT molecular complexity index is 364. The number of carbonyl (C=O) groups excluding carboxylic acids is 1. The van der Waals surface area contributed by atoms with Crippen molar-refractivity contribution in [2.24, 2.45) is 11.3 Å². The van der Waals surface area contributed by atoms with Crippen molar-refractivity contribution >= 4 is 6.09 Å². The van der Waals surface area contributed by atoms with Crippen molar-refractivity contribution in [1.82, 2.24) is 10.6 Å². The lowest BCUT2D eigenvalue weighted by Crippen LogP contribution is -2.43. The number of hydrogen-bond acceptors (Lipinski definition) is 4. The summed E-state index contributed by atoms with van der Waals surface area (Å²) in [6.45, 7) is 12.6. The maximum atomic E-state index is 11.8. The Hall–Kier alpha value is -0.810. The van der Waals surface area contributed by atoms with E-state index in [1.807, 2.05) is 20.8 Å². The van der Waals surface area contributed by atoms with E-state index in [2.05, 4.69) is 24.5 Å². The Balaban J connectivity index is 2.35. The first-order chi connectivity index (χ1) is 10.6. The van der Waals surface area contributed by atoms with Gasteiger partial charge < -0.3 is 20.1 Å². The fourth-order valence-electron chi connectivity index (χ4n) is 2.95. The molecule has 0 aromatic rings. The van der Waals surface area contributed by atoms with E-state index >= 15 is 0 Å². The zero-order valence-corrected chi connectivity index (χ0v) is 15.8. The quantitative estimate of drug-likeness (QED) is 0.717. The summed E-state index contributed by atoms with van der Waals surface area (Å²) in [7, 11) is 1.75. The smallest absolute Gasteiger partial charge is 0.407 e. The van der Waals surface area contributed by atoms with Crippen molar-refractivity contribution in [3.8, 4) is 0 Å². The molecule has 0 bridgehead atoms. The zero-order chi connectivity index (χ0) is 17.5. The second-order valence-electron chi connectivity index (χ2n) is 8.47. The number of carbonyl (C=O) groups is 1. The van der Waals surface area contributed by atoms with Crippen LogP contribution in [0.25, 0.3) is 0 Å². The molecule has 1 rings (SSSR count). The van der Waals surface area contributed by atoms with E-state index in [4.69, 9.17) is 9.47 Å². The van der Waals surface area contributed by atoms with Crippen LogP contribution in [0.4, 0.5) is 4.79 Å². The molecule has 1 saturated carbocycles. The van der Waals surface area contributed by atoms with E-state index < -0.39 is 5.60 Å². The average Bonchev–Trinajstić information content (AvgIpc) is 2.86. The second-order valence-corrected chi connectivity index (χ2v) is 8.47. The fourth-order valence-corrected chi connectivity index (χ4v) is 2.95. The summed E-state index contributed by atoms with van der Waals surface area (Å²) < 4.78 is 10.5. The van der Waals surface area contributed by atoms with Crippen LogP contribution in [-0.2, 0) is 9.47 Å². The lowest BCUT2D eigenvalue weighted by molar-refractivity contribution is 0.0516. The van der Waals surface area contributed by atoms with E-state index in [1.54, 1.807) is 7.11 Å². The van der Waals surface area contributed by atoms with Gasteiger partial charge in [0, 0.05) is 32.8 Å². The van der Waals surface area contributed by atoms with E-state index in [0.29, 0.717) is 18.5 Å². The zero-order valence-electron chi connectivity index (χ0n) is 15.8. The van der Waals surface area contributed by atoms with Crippen LogP contribution < -0.4 is 10.6 Å². The summed E-state index contributed by atoms with van der Waals surface area (Å²) in [5.74, 6) is 0.487. The van der Waals surface area contributed by atoms with Crippen molar-refractivity contribution < 1.29 is 14.3 Å². The van der Waals surface area contributed by atoms with Crippen LogP contribution in [0.3, 0.4) is 0 Å². The Labute approximate surface area is 141 Å². The van der Waals surface area contributed by atoms with Gasteiger partial charge in [-0.25, -0.2) is 4.79 Å². The standard InChI is InChI=1S/C18H36N2O3/c1-17(2,3)23-16(21)19-12-14-8-7-9-15(14)20-13-18(4,5)10-11-22-6/h14-15,20H,7-13H2,1-6H3,(H,19,21). The molecule has 23 heavy (non-hydrogen) atoms. The van der Waals surface area contributed by atoms with Crippen LogP contribution in [0.1, 0.15) is 60.3 Å². The predicted octanol–water partition coefficient (Wildman–Crippen LogP) is 3.33. The Kier molecular flexibility index (Phi) is 7.81. The van der Waals surface area contributed by atoms with Crippen LogP contribution in [0.15, 0.2) is 0 Å². The van der Waals surface area contributed by atoms with Gasteiger partial charge in [0.1, 0.15) is 5.60 Å². The molecular weight excluding hydrogens is 292 g/mol. The van der Waals surface area contributed by atoms with Gasteiger partial charge in [0.2, 0.25) is 0 Å². The molecular formula is C18H36N2O3. The van der Waals surface area contributed by atoms with Gasteiger partial charge in [0.15, 0.2) is 0 Å². The highest BCUT2D eigenvalue weighted by Gasteiger charge is 2.29. The van der Waals surface area contributed by atoms with E-state index in [-0.39, 0.29) is 11.5 Å². The highest BCUT2D eigenvalue weighted by molar-refractivity contribution is 5.67. The molecule has 1 aliphatic rings. The molecule has 0 radical (unpaired) electrons. The number of hydrogen-bond donors (Lipinski definition) is 2. The van der Waals surface area contributed by atoms with Crippen molar-refractivity contribution in [1.29, 1.82) is 0 Å². The van der Waals surface area contributed by atoms with Crippen LogP contribution >= 0.6 is 0 Å². The van der Waals surface area contributed by atoms with Crippen molar-refractivity contribution in [3.05, 3.63) is 0 Å². The monoisotopic (exact) mass is 328 g/mol. The number of nitrogens with one attached hydrogen (secondary N) is 2. The van der Waals surface area contributed by atoms with Gasteiger partial charge in [-0.1, -0.05) is 20.3 Å². The highest BCUT2D eigenvalue weighted by Crippen LogP contribution is 2.27. The number of alkyl carbamates (subject to hydrolysis) is 1. The van der Waals surface area contributed by atoms with Crippen molar-refractivity contribution in [3.63, 3.8) is 0 Å². The summed E-state index contributed by atoms with van der Waals surface area (Å²) in [6.07, 6.45) is 4.29. The molecule has 0 heterocycles. The van der Waals surface area contributed by atoms with Gasteiger partial charge in [-0.3, -0.25) is 0 Å². The van der Waals surface area contributed by atoms with E-state index in [1.165, 1.54) is 12.8 Å². The number of methoxy groups -OCH3 is 1. The molecule has 2 N–H and O–H groups in total. The van der Waals surface area contributed by atoms with Gasteiger partial charge in [0.25, 0.3) is 0 Å². The topological polar surface area (TPSA) is 59.6 Å². The lowest BCUT2D eigenvalue weighted by atomic mass is 9.89. The summed E-state index contributed by atoms with van der Waals surface area (Å²) in [5.41, 5.74) is -0.218. The van der Waals surface area contributed by atoms with E-state index in [0.717, 1.165) is 26.0 Å². The van der Waals surface area contributed by atoms with Gasteiger partial charge >= 0.3 is 6.09 Å². The highest BCUT2D eigenvalue weighted by atomic mass is 16.6. The molecule has 0 aromatic heterocycles. The molecule has 136 valence electrons. The summed E-state index contributed by atoms with van der Waals surface area (Å²) in [5, 5.41) is 6.63. The minimum atomic E-state index is -0.442. The molecule has 5 heteroatoms. The third kappa shape index (κ3) is 8.56. The molecule has 0 aromatic carbocycles. The molecule has 1 amide bonds. The Morgan fingerprint density at radius 2 is 1.87 bits per heavy atom. The maximum absolute atomic E-state index is 11.8. The van der Waals surface area contributed by atoms with E-state index in [9.17, 15) is 4.79 Å². The molecule has 0 spiro atoms. The third-order valence-corrected chi connectivity index (χ3v) is 4.39. The van der Waals surface area contributed by atoms with Gasteiger partial charge in [-0.05, 0) is 51.4 Å². The summed E-state index contributed by atoms with van der Waals surface area (Å²) in [6, 6.07) is 0.478. The fraction of sp³-hybridized carbons (Fsp3) is 0.944. The average molecular weight is 328 g/mol. The molecule has 0 saturated heterocycles. The minimum Gasteiger partial charge on any atom is -0.444 e. The molecule has 2 atom stereocenters. The predicted molar refractivity (Wildman–Crippen MR) is 93.6 cm³/mol. The Morgan fingerprint density at radius 3 is 2.48 bits per heavy atom. The first-order valence-corrected chi connectivity index (χ1v) is 8.82. The van der Waals surface area contributed by atoms with Crippen LogP contribution in [0.5, 0.6) is 0 Å². The van der Waals surface area contributed by atoms with Crippen LogP contribution in [-0.4, -0.2) is 44.5 Å². The number of rotatable bonds is 8. The van der Waals surface area contributed by atoms with Crippen molar-refractivity contribution in [2.75, 3.05) is 26.8 Å². The minimum absolute atomic E-state index is 0.224. The lowest BCUT2D eigenvalue weighted by Gasteiger charge is -2.29. The normalized spacial score (nSPS) is 22.2. The van der Waals surface area contributed by atoms with Gasteiger partial charge in [-0.15, -0.1) is 0 Å². The number of amides is 1. The summed E-state index contributed by atoms with van der Waals surface area (Å²) >= 11 is 0. The number of ether oxygens (including phenoxy) is 2. The summed E-state index contributed by atoms with van der Waals surface area (Å²) in [4.78, 5) is 11.8. The van der Waals surface area contributed by atoms with Crippen LogP contribution in [0.2, 0.25) is 0 Å². The molecule has 0 aliphatic heterocycles. The maximum Gasteiger partial charge on any atom is 0.407 e. The molecule has 2 unspecified atom stereocenters. The van der Waals surface area contributed by atoms with Gasteiger partial charge in [-0.2, -0.15) is 0 Å². The second kappa shape index (κ2) is 8.88. The molecule has 5 nitrogen and oxygen atoms in total. The Morgan fingerprint density at radius 1 is 1.17 bits per heavy atom.